The van der Waals surface area contributed by atoms with Gasteiger partial charge in [0.05, 0.1) is 17.8 Å². The molecule has 2 N–H and O–H groups in total. The first-order valence-electron chi connectivity index (χ1n) is 9.42. The number of hydrazone groups is 1. The molecule has 0 aromatic heterocycles. The molecule has 1 heterocycles. The van der Waals surface area contributed by atoms with E-state index in [2.05, 4.69) is 10.4 Å². The Morgan fingerprint density at radius 2 is 1.65 bits per heavy atom. The number of hydrogen-bond acceptors (Lipinski definition) is 3. The summed E-state index contributed by atoms with van der Waals surface area (Å²) in [5, 5.41) is 18.3. The zero-order valence-electron chi connectivity index (χ0n) is 16.1. The van der Waals surface area contributed by atoms with Crippen molar-refractivity contribution >= 4 is 35.0 Å². The molecule has 0 spiro atoms. The summed E-state index contributed by atoms with van der Waals surface area (Å²) in [5.74, 6) is -1.69. The fourth-order valence-corrected chi connectivity index (χ4v) is 3.48. The van der Waals surface area contributed by atoms with Gasteiger partial charge in [0.15, 0.2) is 0 Å². The summed E-state index contributed by atoms with van der Waals surface area (Å²) >= 11 is 5.88. The van der Waals surface area contributed by atoms with Crippen LogP contribution in [0.15, 0.2) is 77.9 Å². The van der Waals surface area contributed by atoms with E-state index in [1.165, 1.54) is 29.3 Å². The van der Waals surface area contributed by atoms with Crippen molar-refractivity contribution in [2.24, 2.45) is 5.10 Å². The second-order valence-electron chi connectivity index (χ2n) is 6.99. The zero-order valence-corrected chi connectivity index (χ0v) is 16.9. The van der Waals surface area contributed by atoms with Crippen LogP contribution in [0.1, 0.15) is 27.4 Å². The van der Waals surface area contributed by atoms with E-state index < -0.39 is 12.0 Å². The zero-order chi connectivity index (χ0) is 22.0. The van der Waals surface area contributed by atoms with Crippen LogP contribution in [0.5, 0.6) is 0 Å². The number of anilines is 1. The lowest BCUT2D eigenvalue weighted by Crippen LogP contribution is -2.30. The lowest BCUT2D eigenvalue weighted by molar-refractivity contribution is 0.0697. The van der Waals surface area contributed by atoms with Crippen LogP contribution in [0.25, 0.3) is 0 Å². The molecule has 1 atom stereocenters. The molecule has 1 unspecified atom stereocenters. The number of rotatable bonds is 4. The van der Waals surface area contributed by atoms with Crippen LogP contribution < -0.4 is 5.32 Å². The molecule has 1 aliphatic heterocycles. The van der Waals surface area contributed by atoms with Crippen LogP contribution in [0, 0.1) is 5.82 Å². The highest BCUT2D eigenvalue weighted by atomic mass is 35.5. The fraction of sp³-hybridized carbons (Fsp3) is 0.0870. The maximum atomic E-state index is 13.4. The molecule has 3 aromatic carbocycles. The number of amides is 2. The summed E-state index contributed by atoms with van der Waals surface area (Å²) in [4.78, 5) is 23.9. The molecular formula is C23H17ClFN3O3. The van der Waals surface area contributed by atoms with Crippen LogP contribution in [-0.4, -0.2) is 34.4 Å². The minimum absolute atomic E-state index is 0.166. The number of carbonyl (C=O) groups is 2. The maximum absolute atomic E-state index is 13.4. The summed E-state index contributed by atoms with van der Waals surface area (Å²) in [6.45, 7) is 0.249. The van der Waals surface area contributed by atoms with E-state index in [1.807, 2.05) is 0 Å². The molecular weight excluding hydrogens is 421 g/mol. The van der Waals surface area contributed by atoms with Gasteiger partial charge in [-0.1, -0.05) is 35.9 Å². The van der Waals surface area contributed by atoms with Crippen LogP contribution in [0.3, 0.4) is 0 Å². The largest absolute Gasteiger partial charge is 0.478 e. The topological polar surface area (TPSA) is 82.0 Å². The molecule has 3 aromatic rings. The van der Waals surface area contributed by atoms with Crippen LogP contribution >= 0.6 is 11.6 Å². The third-order valence-electron chi connectivity index (χ3n) is 4.94. The Morgan fingerprint density at radius 1 is 1.00 bits per heavy atom. The van der Waals surface area contributed by atoms with Gasteiger partial charge in [0.1, 0.15) is 5.82 Å². The Balaban J connectivity index is 1.63. The standard InChI is InChI=1S/C23H17ClFN3O3/c24-17-7-11-19(12-8-17)26-23(31)28-13-20(14-1-3-16(4-2-14)22(29)30)21(27-28)15-5-9-18(25)10-6-15/h1-12,20H,13H2,(H,26,31)(H,29,30). The fourth-order valence-electron chi connectivity index (χ4n) is 3.35. The van der Waals surface area contributed by atoms with Gasteiger partial charge in [-0.3, -0.25) is 0 Å². The second kappa shape index (κ2) is 8.57. The second-order valence-corrected chi connectivity index (χ2v) is 7.43. The smallest absolute Gasteiger partial charge is 0.342 e. The lowest BCUT2D eigenvalue weighted by Gasteiger charge is -2.16. The Labute approximate surface area is 182 Å². The predicted octanol–water partition coefficient (Wildman–Crippen LogP) is 5.21. The summed E-state index contributed by atoms with van der Waals surface area (Å²) < 4.78 is 13.4. The molecule has 0 saturated heterocycles. The molecule has 1 aliphatic rings. The Bertz CT molecular complexity index is 1150. The van der Waals surface area contributed by atoms with E-state index in [1.54, 1.807) is 48.5 Å². The van der Waals surface area contributed by atoms with Gasteiger partial charge in [0.2, 0.25) is 0 Å². The minimum Gasteiger partial charge on any atom is -0.478 e. The monoisotopic (exact) mass is 437 g/mol. The van der Waals surface area contributed by atoms with Gasteiger partial charge in [-0.2, -0.15) is 5.10 Å². The van der Waals surface area contributed by atoms with Gasteiger partial charge in [-0.15, -0.1) is 0 Å². The molecule has 31 heavy (non-hydrogen) atoms. The summed E-state index contributed by atoms with van der Waals surface area (Å²) in [6, 6.07) is 18.6. The predicted molar refractivity (Wildman–Crippen MR) is 116 cm³/mol. The number of hydrogen-bond donors (Lipinski definition) is 2. The average molecular weight is 438 g/mol. The van der Waals surface area contributed by atoms with Gasteiger partial charge in [0.25, 0.3) is 0 Å². The number of carbonyl (C=O) groups excluding carboxylic acids is 1. The average Bonchev–Trinajstić information content (AvgIpc) is 3.21. The van der Waals surface area contributed by atoms with Crippen molar-refractivity contribution in [3.05, 3.63) is 100 Å². The molecule has 0 fully saturated rings. The third-order valence-corrected chi connectivity index (χ3v) is 5.20. The summed E-state index contributed by atoms with van der Waals surface area (Å²) in [6.07, 6.45) is 0. The van der Waals surface area contributed by atoms with Gasteiger partial charge in [-0.05, 0) is 59.7 Å². The highest BCUT2D eigenvalue weighted by Crippen LogP contribution is 2.30. The first kappa shape index (κ1) is 20.6. The Morgan fingerprint density at radius 3 is 2.26 bits per heavy atom. The van der Waals surface area contributed by atoms with E-state index in [0.29, 0.717) is 22.0 Å². The van der Waals surface area contributed by atoms with E-state index >= 15 is 0 Å². The van der Waals surface area contributed by atoms with Gasteiger partial charge in [0, 0.05) is 16.6 Å². The quantitative estimate of drug-likeness (QED) is 0.587. The first-order chi connectivity index (χ1) is 14.9. The molecule has 8 heteroatoms. The van der Waals surface area contributed by atoms with E-state index in [9.17, 15) is 14.0 Å². The number of aromatic carboxylic acids is 1. The molecule has 6 nitrogen and oxygen atoms in total. The molecule has 156 valence electrons. The molecule has 2 amide bonds. The number of nitrogens with one attached hydrogen (secondary N) is 1. The highest BCUT2D eigenvalue weighted by Gasteiger charge is 2.32. The van der Waals surface area contributed by atoms with Crippen molar-refractivity contribution in [1.82, 2.24) is 5.01 Å². The number of urea groups is 1. The number of benzene rings is 3. The first-order valence-corrected chi connectivity index (χ1v) is 9.80. The van der Waals surface area contributed by atoms with Crippen molar-refractivity contribution in [1.29, 1.82) is 0 Å². The number of carboxylic acids is 1. The molecule has 0 saturated carbocycles. The SMILES string of the molecule is O=C(O)c1ccc(C2CN(C(=O)Nc3ccc(Cl)cc3)N=C2c2ccc(F)cc2)cc1. The van der Waals surface area contributed by atoms with Crippen LogP contribution in [-0.2, 0) is 0 Å². The van der Waals surface area contributed by atoms with Gasteiger partial charge < -0.3 is 10.4 Å². The highest BCUT2D eigenvalue weighted by molar-refractivity contribution is 6.30. The normalized spacial score (nSPS) is 15.5. The van der Waals surface area contributed by atoms with E-state index in [4.69, 9.17) is 16.7 Å². The lowest BCUT2D eigenvalue weighted by atomic mass is 9.90. The summed E-state index contributed by atoms with van der Waals surface area (Å²) in [5.41, 5.74) is 2.81. The number of carboxylic acid groups (broad SMARTS) is 1. The molecule has 0 radical (unpaired) electrons. The molecule has 4 rings (SSSR count). The number of halogens is 2. The Hall–Kier alpha value is -3.71. The van der Waals surface area contributed by atoms with E-state index in [0.717, 1.165) is 5.56 Å². The molecule has 0 bridgehead atoms. The van der Waals surface area contributed by atoms with Crippen LogP contribution in [0.2, 0.25) is 5.02 Å². The summed E-state index contributed by atoms with van der Waals surface area (Å²) in [7, 11) is 0. The van der Waals surface area contributed by atoms with Crippen molar-refractivity contribution in [3.8, 4) is 0 Å². The van der Waals surface area contributed by atoms with Crippen molar-refractivity contribution in [2.75, 3.05) is 11.9 Å². The van der Waals surface area contributed by atoms with Crippen molar-refractivity contribution < 1.29 is 19.1 Å². The van der Waals surface area contributed by atoms with Gasteiger partial charge >= 0.3 is 12.0 Å². The number of nitrogens with zero attached hydrogens (tertiary/aromatic N) is 2. The third kappa shape index (κ3) is 4.57. The maximum Gasteiger partial charge on any atom is 0.342 e. The Kier molecular flexibility index (Phi) is 5.68. The van der Waals surface area contributed by atoms with Crippen LogP contribution in [0.4, 0.5) is 14.9 Å². The van der Waals surface area contributed by atoms with E-state index in [-0.39, 0.29) is 23.8 Å². The van der Waals surface area contributed by atoms with Crippen molar-refractivity contribution in [2.45, 2.75) is 5.92 Å². The van der Waals surface area contributed by atoms with Crippen molar-refractivity contribution in [3.63, 3.8) is 0 Å². The minimum atomic E-state index is -1.02. The molecule has 0 aliphatic carbocycles. The van der Waals surface area contributed by atoms with Gasteiger partial charge in [-0.25, -0.2) is 19.0 Å².